The van der Waals surface area contributed by atoms with Gasteiger partial charge < -0.3 is 14.8 Å². The molecule has 0 bridgehead atoms. The van der Waals surface area contributed by atoms with Crippen LogP contribution in [0.1, 0.15) is 34.6 Å². The summed E-state index contributed by atoms with van der Waals surface area (Å²) in [5, 5.41) is 2.61. The van der Waals surface area contributed by atoms with Crippen molar-refractivity contribution in [3.63, 3.8) is 0 Å². The molecule has 0 aliphatic heterocycles. The second-order valence-electron chi connectivity index (χ2n) is 5.40. The van der Waals surface area contributed by atoms with Crippen molar-refractivity contribution in [1.82, 2.24) is 0 Å². The number of nitrogens with one attached hydrogen (secondary N) is 1. The van der Waals surface area contributed by atoms with Gasteiger partial charge in [0.25, 0.3) is 0 Å². The van der Waals surface area contributed by atoms with Crippen LogP contribution in [-0.4, -0.2) is 30.9 Å². The highest BCUT2D eigenvalue weighted by Gasteiger charge is 2.20. The number of esters is 1. The Labute approximate surface area is 145 Å². The van der Waals surface area contributed by atoms with Gasteiger partial charge >= 0.3 is 5.97 Å². The summed E-state index contributed by atoms with van der Waals surface area (Å²) in [6.07, 6.45) is -0.920. The topological polar surface area (TPSA) is 81.7 Å². The molecular weight excluding hydrogens is 322 g/mol. The van der Waals surface area contributed by atoms with Gasteiger partial charge in [-0.15, -0.1) is 0 Å². The number of Topliss-reactive ketones (excluding diaryl/α,β-unsaturated/α-hetero) is 1. The third-order valence-corrected chi connectivity index (χ3v) is 3.47. The van der Waals surface area contributed by atoms with Crippen molar-refractivity contribution in [3.8, 4) is 5.75 Å². The van der Waals surface area contributed by atoms with Crippen LogP contribution in [0, 0.1) is 0 Å². The maximum atomic E-state index is 12.3. The molecule has 0 radical (unpaired) electrons. The zero-order valence-corrected chi connectivity index (χ0v) is 14.2. The van der Waals surface area contributed by atoms with Gasteiger partial charge in [0, 0.05) is 18.2 Å². The van der Waals surface area contributed by atoms with Gasteiger partial charge in [-0.1, -0.05) is 0 Å². The average Bonchev–Trinajstić information content (AvgIpc) is 2.61. The molecule has 2 rings (SSSR count). The maximum Gasteiger partial charge on any atom is 0.338 e. The van der Waals surface area contributed by atoms with E-state index >= 15 is 0 Å². The van der Waals surface area contributed by atoms with E-state index in [-0.39, 0.29) is 11.7 Å². The van der Waals surface area contributed by atoms with E-state index in [0.717, 1.165) is 0 Å². The minimum atomic E-state index is -0.920. The van der Waals surface area contributed by atoms with E-state index in [0.29, 0.717) is 22.6 Å². The highest BCUT2D eigenvalue weighted by atomic mass is 16.5. The molecule has 2 aromatic carbocycles. The number of hydrogen-bond acceptors (Lipinski definition) is 5. The van der Waals surface area contributed by atoms with E-state index in [1.165, 1.54) is 26.0 Å². The highest BCUT2D eigenvalue weighted by Crippen LogP contribution is 2.15. The van der Waals surface area contributed by atoms with Crippen LogP contribution in [0.2, 0.25) is 0 Å². The molecule has 25 heavy (non-hydrogen) atoms. The number of anilines is 1. The predicted molar refractivity (Wildman–Crippen MR) is 92.9 cm³/mol. The van der Waals surface area contributed by atoms with E-state index in [1.807, 2.05) is 0 Å². The lowest BCUT2D eigenvalue weighted by atomic mass is 10.1. The molecule has 130 valence electrons. The number of ether oxygens (including phenoxy) is 2. The maximum absolute atomic E-state index is 12.3. The Balaban J connectivity index is 2.00. The fraction of sp³-hybridized carbons (Fsp3) is 0.211. The number of benzene rings is 2. The monoisotopic (exact) mass is 341 g/mol. The van der Waals surface area contributed by atoms with Crippen molar-refractivity contribution in [2.24, 2.45) is 0 Å². The van der Waals surface area contributed by atoms with Crippen molar-refractivity contribution in [2.45, 2.75) is 20.0 Å². The SMILES string of the molecule is COc1ccc(C(=O)[C@H](C)OC(=O)c2ccc(NC(C)=O)cc2)cc1. The molecule has 1 amide bonds. The lowest BCUT2D eigenvalue weighted by Gasteiger charge is -2.13. The number of amides is 1. The van der Waals surface area contributed by atoms with Crippen LogP contribution in [0.5, 0.6) is 5.75 Å². The molecule has 0 unspecified atom stereocenters. The van der Waals surface area contributed by atoms with Crippen LogP contribution in [0.4, 0.5) is 5.69 Å². The Morgan fingerprint density at radius 3 is 2.00 bits per heavy atom. The fourth-order valence-electron chi connectivity index (χ4n) is 2.17. The average molecular weight is 341 g/mol. The third kappa shape index (κ3) is 4.91. The normalized spacial score (nSPS) is 11.3. The number of carbonyl (C=O) groups excluding carboxylic acids is 3. The zero-order chi connectivity index (χ0) is 18.4. The van der Waals surface area contributed by atoms with Crippen molar-refractivity contribution >= 4 is 23.3 Å². The Hall–Kier alpha value is -3.15. The first-order valence-electron chi connectivity index (χ1n) is 7.67. The first-order valence-corrected chi connectivity index (χ1v) is 7.67. The van der Waals surface area contributed by atoms with E-state index in [4.69, 9.17) is 9.47 Å². The molecular formula is C19H19NO5. The summed E-state index contributed by atoms with van der Waals surface area (Å²) in [6.45, 7) is 2.92. The van der Waals surface area contributed by atoms with E-state index < -0.39 is 12.1 Å². The number of rotatable bonds is 6. The largest absolute Gasteiger partial charge is 0.497 e. The van der Waals surface area contributed by atoms with Crippen LogP contribution in [0.3, 0.4) is 0 Å². The Kier molecular flexibility index (Phi) is 5.89. The van der Waals surface area contributed by atoms with Gasteiger partial charge in [-0.05, 0) is 55.5 Å². The Bertz CT molecular complexity index is 765. The predicted octanol–water partition coefficient (Wildman–Crippen LogP) is 3.08. The molecule has 0 aliphatic carbocycles. The van der Waals surface area contributed by atoms with E-state index in [1.54, 1.807) is 43.5 Å². The van der Waals surface area contributed by atoms with Crippen molar-refractivity contribution in [3.05, 3.63) is 59.7 Å². The summed E-state index contributed by atoms with van der Waals surface area (Å²) < 4.78 is 10.3. The lowest BCUT2D eigenvalue weighted by Crippen LogP contribution is -2.24. The molecule has 1 atom stereocenters. The summed E-state index contributed by atoms with van der Waals surface area (Å²) in [7, 11) is 1.54. The summed E-state index contributed by atoms with van der Waals surface area (Å²) >= 11 is 0. The highest BCUT2D eigenvalue weighted by molar-refractivity contribution is 6.01. The molecule has 0 saturated heterocycles. The first-order chi connectivity index (χ1) is 11.9. The van der Waals surface area contributed by atoms with Crippen LogP contribution < -0.4 is 10.1 Å². The zero-order valence-electron chi connectivity index (χ0n) is 14.2. The Morgan fingerprint density at radius 1 is 0.920 bits per heavy atom. The summed E-state index contributed by atoms with van der Waals surface area (Å²) in [6, 6.07) is 12.8. The van der Waals surface area contributed by atoms with Gasteiger partial charge in [-0.25, -0.2) is 4.79 Å². The Morgan fingerprint density at radius 2 is 1.48 bits per heavy atom. The van der Waals surface area contributed by atoms with Crippen molar-refractivity contribution in [2.75, 3.05) is 12.4 Å². The lowest BCUT2D eigenvalue weighted by molar-refractivity contribution is -0.114. The summed E-state index contributed by atoms with van der Waals surface area (Å²) in [4.78, 5) is 35.4. The molecule has 2 aromatic rings. The molecule has 1 N–H and O–H groups in total. The molecule has 0 spiro atoms. The second kappa shape index (κ2) is 8.10. The van der Waals surface area contributed by atoms with E-state index in [2.05, 4.69) is 5.32 Å². The molecule has 0 heterocycles. The molecule has 6 nitrogen and oxygen atoms in total. The molecule has 0 aromatic heterocycles. The van der Waals surface area contributed by atoms with Crippen molar-refractivity contribution < 1.29 is 23.9 Å². The summed E-state index contributed by atoms with van der Waals surface area (Å²) in [5.41, 5.74) is 1.30. The van der Waals surface area contributed by atoms with Crippen LogP contribution >= 0.6 is 0 Å². The van der Waals surface area contributed by atoms with Gasteiger partial charge in [0.1, 0.15) is 5.75 Å². The van der Waals surface area contributed by atoms with Gasteiger partial charge in [-0.3, -0.25) is 9.59 Å². The van der Waals surface area contributed by atoms with Gasteiger partial charge in [-0.2, -0.15) is 0 Å². The smallest absolute Gasteiger partial charge is 0.338 e. The molecule has 0 fully saturated rings. The molecule has 6 heteroatoms. The molecule has 0 saturated carbocycles. The van der Waals surface area contributed by atoms with Crippen LogP contribution in [0.15, 0.2) is 48.5 Å². The van der Waals surface area contributed by atoms with Crippen molar-refractivity contribution in [1.29, 1.82) is 0 Å². The van der Waals surface area contributed by atoms with Crippen LogP contribution in [-0.2, 0) is 9.53 Å². The fourth-order valence-corrected chi connectivity index (χ4v) is 2.17. The minimum absolute atomic E-state index is 0.200. The van der Waals surface area contributed by atoms with E-state index in [9.17, 15) is 14.4 Å². The number of hydrogen-bond donors (Lipinski definition) is 1. The quantitative estimate of drug-likeness (QED) is 0.645. The first kappa shape index (κ1) is 18.2. The second-order valence-corrected chi connectivity index (χ2v) is 5.40. The number of methoxy groups -OCH3 is 1. The minimum Gasteiger partial charge on any atom is -0.497 e. The van der Waals surface area contributed by atoms with Gasteiger partial charge in [0.15, 0.2) is 6.10 Å². The molecule has 0 aliphatic rings. The van der Waals surface area contributed by atoms with Gasteiger partial charge in [0.05, 0.1) is 12.7 Å². The number of ketones is 1. The third-order valence-electron chi connectivity index (χ3n) is 3.47. The summed E-state index contributed by atoms with van der Waals surface area (Å²) in [5.74, 6) is -0.468. The van der Waals surface area contributed by atoms with Crippen LogP contribution in [0.25, 0.3) is 0 Å². The standard InChI is InChI=1S/C19H19NO5/c1-12(18(22)14-6-10-17(24-3)11-7-14)25-19(23)15-4-8-16(9-5-15)20-13(2)21/h4-12H,1-3H3,(H,20,21)/t12-/m0/s1. The number of carbonyl (C=O) groups is 3. The van der Waals surface area contributed by atoms with Gasteiger partial charge in [0.2, 0.25) is 11.7 Å².